The van der Waals surface area contributed by atoms with Crippen molar-refractivity contribution in [2.75, 3.05) is 13.2 Å². The van der Waals surface area contributed by atoms with Crippen molar-refractivity contribution in [2.45, 2.75) is 23.8 Å². The van der Waals surface area contributed by atoms with Crippen molar-refractivity contribution in [3.05, 3.63) is 76.4 Å². The number of carbonyl (C=O) groups is 1. The number of carbonyl (C=O) groups excluding carboxylic acids is 1. The van der Waals surface area contributed by atoms with E-state index >= 15 is 0 Å². The molecule has 0 N–H and O–H groups in total. The summed E-state index contributed by atoms with van der Waals surface area (Å²) in [6, 6.07) is 16.7. The molecule has 0 amide bonds. The standard InChI is InChI=1S/C21H19ClN2O3S/c1-14-6-5-7-15(2)20(14)26-12-13-27-21(25)17-10-11-19(24-23-17)28-18-9-4-3-8-16(18)22/h3-11H,12-13H2,1-2H3. The van der Waals surface area contributed by atoms with Crippen LogP contribution < -0.4 is 4.74 Å². The Morgan fingerprint density at radius 1 is 0.964 bits per heavy atom. The SMILES string of the molecule is Cc1cccc(C)c1OCCOC(=O)c1ccc(Sc2ccccc2Cl)nn1. The van der Waals surface area contributed by atoms with E-state index in [1.807, 2.05) is 56.3 Å². The molecule has 1 heterocycles. The van der Waals surface area contributed by atoms with E-state index in [1.54, 1.807) is 12.1 Å². The first-order valence-corrected chi connectivity index (χ1v) is 9.86. The quantitative estimate of drug-likeness (QED) is 0.394. The number of esters is 1. The number of nitrogens with zero attached hydrogens (tertiary/aromatic N) is 2. The van der Waals surface area contributed by atoms with Crippen LogP contribution in [-0.2, 0) is 4.74 Å². The normalized spacial score (nSPS) is 10.5. The first-order valence-electron chi connectivity index (χ1n) is 8.67. The molecule has 3 rings (SSSR count). The highest BCUT2D eigenvalue weighted by atomic mass is 35.5. The van der Waals surface area contributed by atoms with Crippen LogP contribution in [0.25, 0.3) is 0 Å². The molecule has 144 valence electrons. The van der Waals surface area contributed by atoms with Gasteiger partial charge in [0.15, 0.2) is 5.69 Å². The van der Waals surface area contributed by atoms with Gasteiger partial charge in [-0.3, -0.25) is 0 Å². The fourth-order valence-electron chi connectivity index (χ4n) is 2.50. The Morgan fingerprint density at radius 3 is 2.39 bits per heavy atom. The van der Waals surface area contributed by atoms with Crippen LogP contribution >= 0.6 is 23.4 Å². The topological polar surface area (TPSA) is 61.3 Å². The van der Waals surface area contributed by atoms with Gasteiger partial charge in [-0.05, 0) is 49.2 Å². The summed E-state index contributed by atoms with van der Waals surface area (Å²) in [5, 5.41) is 9.28. The van der Waals surface area contributed by atoms with Crippen LogP contribution in [0.1, 0.15) is 21.6 Å². The minimum Gasteiger partial charge on any atom is -0.489 e. The highest BCUT2D eigenvalue weighted by Gasteiger charge is 2.11. The molecule has 0 saturated heterocycles. The third-order valence-electron chi connectivity index (χ3n) is 3.87. The summed E-state index contributed by atoms with van der Waals surface area (Å²) in [5.74, 6) is 0.284. The highest BCUT2D eigenvalue weighted by Crippen LogP contribution is 2.31. The van der Waals surface area contributed by atoms with Crippen LogP contribution in [0.2, 0.25) is 5.02 Å². The third kappa shape index (κ3) is 5.24. The Labute approximate surface area is 173 Å². The maximum atomic E-state index is 12.1. The molecular formula is C21H19ClN2O3S. The lowest BCUT2D eigenvalue weighted by molar-refractivity contribution is 0.0441. The molecule has 0 saturated carbocycles. The molecule has 0 atom stereocenters. The van der Waals surface area contributed by atoms with E-state index in [2.05, 4.69) is 10.2 Å². The van der Waals surface area contributed by atoms with Gasteiger partial charge < -0.3 is 9.47 Å². The van der Waals surface area contributed by atoms with Crippen LogP contribution in [0.15, 0.2) is 64.5 Å². The monoisotopic (exact) mass is 414 g/mol. The Bertz CT molecular complexity index is 944. The Kier molecular flexibility index (Phi) is 6.90. The maximum absolute atomic E-state index is 12.1. The zero-order chi connectivity index (χ0) is 19.9. The summed E-state index contributed by atoms with van der Waals surface area (Å²) in [6.07, 6.45) is 0. The number of para-hydroxylation sites is 1. The fraction of sp³-hybridized carbons (Fsp3) is 0.190. The molecule has 0 bridgehead atoms. The van der Waals surface area contributed by atoms with Gasteiger partial charge in [0.05, 0.1) is 5.02 Å². The van der Waals surface area contributed by atoms with Gasteiger partial charge in [0.2, 0.25) is 0 Å². The fourth-order valence-corrected chi connectivity index (χ4v) is 3.51. The molecule has 0 radical (unpaired) electrons. The summed E-state index contributed by atoms with van der Waals surface area (Å²) in [6.45, 7) is 4.36. The summed E-state index contributed by atoms with van der Waals surface area (Å²) in [4.78, 5) is 13.0. The maximum Gasteiger partial charge on any atom is 0.358 e. The predicted molar refractivity (Wildman–Crippen MR) is 109 cm³/mol. The van der Waals surface area contributed by atoms with Gasteiger partial charge in [0.1, 0.15) is 24.0 Å². The van der Waals surface area contributed by atoms with Crippen molar-refractivity contribution in [3.63, 3.8) is 0 Å². The molecule has 3 aromatic rings. The summed E-state index contributed by atoms with van der Waals surface area (Å²) < 4.78 is 10.9. The average Bonchev–Trinajstić information content (AvgIpc) is 2.69. The van der Waals surface area contributed by atoms with Crippen LogP contribution in [0.3, 0.4) is 0 Å². The Morgan fingerprint density at radius 2 is 1.71 bits per heavy atom. The summed E-state index contributed by atoms with van der Waals surface area (Å²) >= 11 is 7.51. The number of rotatable bonds is 7. The second-order valence-corrected chi connectivity index (χ2v) is 7.46. The van der Waals surface area contributed by atoms with Gasteiger partial charge in [-0.2, -0.15) is 0 Å². The first kappa shape index (κ1) is 20.2. The number of halogens is 1. The molecule has 0 unspecified atom stereocenters. The van der Waals surface area contributed by atoms with Gasteiger partial charge in [-0.1, -0.05) is 53.7 Å². The summed E-state index contributed by atoms with van der Waals surface area (Å²) in [7, 11) is 0. The van der Waals surface area contributed by atoms with Gasteiger partial charge in [0, 0.05) is 4.90 Å². The van der Waals surface area contributed by atoms with E-state index in [0.29, 0.717) is 10.0 Å². The van der Waals surface area contributed by atoms with E-state index in [0.717, 1.165) is 21.8 Å². The van der Waals surface area contributed by atoms with E-state index in [4.69, 9.17) is 21.1 Å². The molecule has 7 heteroatoms. The van der Waals surface area contributed by atoms with Crippen molar-refractivity contribution >= 4 is 29.3 Å². The summed E-state index contributed by atoms with van der Waals surface area (Å²) in [5.41, 5.74) is 2.24. The van der Waals surface area contributed by atoms with Gasteiger partial charge in [-0.15, -0.1) is 10.2 Å². The number of ether oxygens (including phenoxy) is 2. The van der Waals surface area contributed by atoms with Gasteiger partial charge in [0.25, 0.3) is 0 Å². The third-order valence-corrected chi connectivity index (χ3v) is 5.32. The van der Waals surface area contributed by atoms with E-state index in [9.17, 15) is 4.79 Å². The number of aryl methyl sites for hydroxylation is 2. The molecule has 0 spiro atoms. The minimum atomic E-state index is -0.535. The Balaban J connectivity index is 1.50. The van der Waals surface area contributed by atoms with E-state index in [-0.39, 0.29) is 18.9 Å². The molecule has 0 aliphatic heterocycles. The first-order chi connectivity index (χ1) is 13.5. The lowest BCUT2D eigenvalue weighted by Gasteiger charge is -2.11. The lowest BCUT2D eigenvalue weighted by atomic mass is 10.1. The Hall–Kier alpha value is -2.57. The van der Waals surface area contributed by atoms with Crippen LogP contribution in [0.5, 0.6) is 5.75 Å². The van der Waals surface area contributed by atoms with Gasteiger partial charge >= 0.3 is 5.97 Å². The number of hydrogen-bond donors (Lipinski definition) is 0. The zero-order valence-electron chi connectivity index (χ0n) is 15.5. The van der Waals surface area contributed by atoms with E-state index < -0.39 is 5.97 Å². The second kappa shape index (κ2) is 9.57. The number of aromatic nitrogens is 2. The van der Waals surface area contributed by atoms with Gasteiger partial charge in [-0.25, -0.2) is 4.79 Å². The largest absolute Gasteiger partial charge is 0.489 e. The molecule has 0 fully saturated rings. The smallest absolute Gasteiger partial charge is 0.358 e. The molecule has 0 aliphatic carbocycles. The highest BCUT2D eigenvalue weighted by molar-refractivity contribution is 7.99. The molecular weight excluding hydrogens is 396 g/mol. The van der Waals surface area contributed by atoms with Crippen molar-refractivity contribution in [2.24, 2.45) is 0 Å². The number of hydrogen-bond acceptors (Lipinski definition) is 6. The average molecular weight is 415 g/mol. The number of benzene rings is 2. The molecule has 2 aromatic carbocycles. The van der Waals surface area contributed by atoms with Crippen molar-refractivity contribution in [1.82, 2.24) is 10.2 Å². The van der Waals surface area contributed by atoms with Crippen LogP contribution in [-0.4, -0.2) is 29.4 Å². The van der Waals surface area contributed by atoms with Crippen LogP contribution in [0.4, 0.5) is 0 Å². The van der Waals surface area contributed by atoms with Crippen LogP contribution in [0, 0.1) is 13.8 Å². The zero-order valence-corrected chi connectivity index (χ0v) is 17.1. The van der Waals surface area contributed by atoms with Crippen molar-refractivity contribution in [1.29, 1.82) is 0 Å². The van der Waals surface area contributed by atoms with E-state index in [1.165, 1.54) is 11.8 Å². The second-order valence-electron chi connectivity index (χ2n) is 5.99. The van der Waals surface area contributed by atoms with Crippen molar-refractivity contribution < 1.29 is 14.3 Å². The predicted octanol–water partition coefficient (Wildman–Crippen LogP) is 5.13. The molecule has 28 heavy (non-hydrogen) atoms. The lowest BCUT2D eigenvalue weighted by Crippen LogP contribution is -2.14. The van der Waals surface area contributed by atoms with Crippen molar-refractivity contribution in [3.8, 4) is 5.75 Å². The molecule has 1 aromatic heterocycles. The molecule has 5 nitrogen and oxygen atoms in total. The molecule has 0 aliphatic rings. The minimum absolute atomic E-state index is 0.129.